The molecule has 0 aromatic heterocycles. The zero-order valence-corrected chi connectivity index (χ0v) is 9.04. The number of methoxy groups -OCH3 is 1. The first-order chi connectivity index (χ1) is 6.72. The second kappa shape index (κ2) is 4.77. The van der Waals surface area contributed by atoms with Gasteiger partial charge in [0.25, 0.3) is 0 Å². The standard InChI is InChI=1S/C10H11F2NO.ClH/c1-14-6-4-7(11)10(8(12)5-6)9-2-3-13-9;/h4-5,9,13H,2-3H2,1H3;1H/t9-;/m1./s1. The van der Waals surface area contributed by atoms with Crippen molar-refractivity contribution in [2.75, 3.05) is 13.7 Å². The van der Waals surface area contributed by atoms with Gasteiger partial charge in [0, 0.05) is 23.7 Å². The molecule has 1 N–H and O–H groups in total. The molecule has 84 valence electrons. The van der Waals surface area contributed by atoms with Crippen LogP contribution in [0.3, 0.4) is 0 Å². The molecule has 1 fully saturated rings. The molecule has 1 saturated heterocycles. The lowest BCUT2D eigenvalue weighted by atomic mass is 9.97. The first kappa shape index (κ1) is 12.2. The van der Waals surface area contributed by atoms with Crippen molar-refractivity contribution in [3.8, 4) is 5.75 Å². The van der Waals surface area contributed by atoms with Crippen LogP contribution >= 0.6 is 12.4 Å². The zero-order valence-electron chi connectivity index (χ0n) is 8.22. The van der Waals surface area contributed by atoms with Crippen molar-refractivity contribution in [2.24, 2.45) is 0 Å². The third-order valence-corrected chi connectivity index (χ3v) is 2.46. The summed E-state index contributed by atoms with van der Waals surface area (Å²) in [4.78, 5) is 0. The van der Waals surface area contributed by atoms with Gasteiger partial charge in [-0.1, -0.05) is 0 Å². The number of ether oxygens (including phenoxy) is 1. The average Bonchev–Trinajstić information content (AvgIpc) is 2.07. The number of benzene rings is 1. The molecule has 1 aromatic carbocycles. The molecule has 1 aliphatic heterocycles. The average molecular weight is 236 g/mol. The molecule has 0 saturated carbocycles. The summed E-state index contributed by atoms with van der Waals surface area (Å²) in [6.45, 7) is 0.815. The number of hydrogen-bond donors (Lipinski definition) is 1. The molecule has 5 heteroatoms. The van der Waals surface area contributed by atoms with Gasteiger partial charge >= 0.3 is 0 Å². The van der Waals surface area contributed by atoms with Gasteiger partial charge in [-0.15, -0.1) is 12.4 Å². The quantitative estimate of drug-likeness (QED) is 0.850. The van der Waals surface area contributed by atoms with Crippen LogP contribution in [0.4, 0.5) is 8.78 Å². The van der Waals surface area contributed by atoms with Crippen molar-refractivity contribution in [1.29, 1.82) is 0 Å². The van der Waals surface area contributed by atoms with Crippen LogP contribution in [0.25, 0.3) is 0 Å². The SMILES string of the molecule is COc1cc(F)c([C@H]2CCN2)c(F)c1.Cl. The van der Waals surface area contributed by atoms with E-state index in [1.165, 1.54) is 19.2 Å². The molecule has 0 amide bonds. The summed E-state index contributed by atoms with van der Waals surface area (Å²) in [5.41, 5.74) is 0.122. The first-order valence-electron chi connectivity index (χ1n) is 4.48. The fraction of sp³-hybridized carbons (Fsp3) is 0.400. The monoisotopic (exact) mass is 235 g/mol. The minimum Gasteiger partial charge on any atom is -0.497 e. The van der Waals surface area contributed by atoms with Crippen molar-refractivity contribution in [3.63, 3.8) is 0 Å². The van der Waals surface area contributed by atoms with Gasteiger partial charge in [0.05, 0.1) is 7.11 Å². The maximum absolute atomic E-state index is 13.4. The number of halogens is 3. The Balaban J connectivity index is 0.00000112. The summed E-state index contributed by atoms with van der Waals surface area (Å²) in [7, 11) is 1.38. The minimum absolute atomic E-state index is 0. The molecule has 0 radical (unpaired) electrons. The van der Waals surface area contributed by atoms with Gasteiger partial charge in [0.1, 0.15) is 17.4 Å². The Morgan fingerprint density at radius 2 is 1.87 bits per heavy atom. The maximum Gasteiger partial charge on any atom is 0.134 e. The molecule has 1 aromatic rings. The van der Waals surface area contributed by atoms with Gasteiger partial charge < -0.3 is 10.1 Å². The van der Waals surface area contributed by atoms with E-state index >= 15 is 0 Å². The first-order valence-corrected chi connectivity index (χ1v) is 4.48. The van der Waals surface area contributed by atoms with E-state index in [0.29, 0.717) is 0 Å². The van der Waals surface area contributed by atoms with Crippen LogP contribution < -0.4 is 10.1 Å². The van der Waals surface area contributed by atoms with Gasteiger partial charge in [-0.05, 0) is 13.0 Å². The third-order valence-electron chi connectivity index (χ3n) is 2.46. The van der Waals surface area contributed by atoms with E-state index in [1.54, 1.807) is 0 Å². The highest BCUT2D eigenvalue weighted by atomic mass is 35.5. The topological polar surface area (TPSA) is 21.3 Å². The molecule has 0 spiro atoms. The largest absolute Gasteiger partial charge is 0.497 e. The zero-order chi connectivity index (χ0) is 10.1. The Hall–Kier alpha value is -0.870. The third kappa shape index (κ3) is 2.21. The summed E-state index contributed by atoms with van der Waals surface area (Å²) in [5, 5.41) is 2.96. The van der Waals surface area contributed by atoms with E-state index in [0.717, 1.165) is 13.0 Å². The van der Waals surface area contributed by atoms with E-state index in [-0.39, 0.29) is 29.8 Å². The van der Waals surface area contributed by atoms with Gasteiger partial charge in [0.2, 0.25) is 0 Å². The molecule has 1 aliphatic rings. The highest BCUT2D eigenvalue weighted by Gasteiger charge is 2.25. The van der Waals surface area contributed by atoms with Crippen molar-refractivity contribution in [1.82, 2.24) is 5.32 Å². The van der Waals surface area contributed by atoms with Crippen LogP contribution in [0.15, 0.2) is 12.1 Å². The summed E-state index contributed by atoms with van der Waals surface area (Å²) in [6, 6.07) is 2.23. The summed E-state index contributed by atoms with van der Waals surface area (Å²) >= 11 is 0. The molecule has 2 rings (SSSR count). The van der Waals surface area contributed by atoms with E-state index < -0.39 is 11.6 Å². The second-order valence-corrected chi connectivity index (χ2v) is 3.30. The minimum atomic E-state index is -0.543. The Labute approximate surface area is 93.0 Å². The number of rotatable bonds is 2. The Bertz CT molecular complexity index is 332. The fourth-order valence-corrected chi connectivity index (χ4v) is 1.55. The van der Waals surface area contributed by atoms with Crippen LogP contribution in [0, 0.1) is 11.6 Å². The summed E-state index contributed by atoms with van der Waals surface area (Å²) in [6.07, 6.45) is 0.778. The van der Waals surface area contributed by atoms with Gasteiger partial charge in [-0.3, -0.25) is 0 Å². The predicted octanol–water partition coefficient (Wildman–Crippen LogP) is 2.43. The second-order valence-electron chi connectivity index (χ2n) is 3.30. The molecule has 2 nitrogen and oxygen atoms in total. The van der Waals surface area contributed by atoms with Crippen molar-refractivity contribution in [2.45, 2.75) is 12.5 Å². The van der Waals surface area contributed by atoms with Crippen molar-refractivity contribution in [3.05, 3.63) is 29.3 Å². The van der Waals surface area contributed by atoms with E-state index in [1.807, 2.05) is 0 Å². The highest BCUT2D eigenvalue weighted by Crippen LogP contribution is 2.30. The van der Waals surface area contributed by atoms with Gasteiger partial charge in [0.15, 0.2) is 0 Å². The lowest BCUT2D eigenvalue weighted by Gasteiger charge is -2.28. The lowest BCUT2D eigenvalue weighted by molar-refractivity contribution is 0.350. The Kier molecular flexibility index (Phi) is 3.88. The maximum atomic E-state index is 13.4. The summed E-state index contributed by atoms with van der Waals surface area (Å²) in [5.74, 6) is -0.874. The summed E-state index contributed by atoms with van der Waals surface area (Å²) < 4.78 is 31.6. The normalized spacial score (nSPS) is 19.0. The van der Waals surface area contributed by atoms with Crippen LogP contribution in [0.2, 0.25) is 0 Å². The molecule has 0 unspecified atom stereocenters. The predicted molar refractivity (Wildman–Crippen MR) is 55.5 cm³/mol. The van der Waals surface area contributed by atoms with Crippen LogP contribution in [-0.2, 0) is 0 Å². The molecular formula is C10H12ClF2NO. The Morgan fingerprint density at radius 1 is 1.33 bits per heavy atom. The van der Waals surface area contributed by atoms with Gasteiger partial charge in [-0.25, -0.2) is 8.78 Å². The molecule has 1 heterocycles. The smallest absolute Gasteiger partial charge is 0.134 e. The van der Waals surface area contributed by atoms with Crippen LogP contribution in [-0.4, -0.2) is 13.7 Å². The van der Waals surface area contributed by atoms with Gasteiger partial charge in [-0.2, -0.15) is 0 Å². The van der Waals surface area contributed by atoms with Crippen molar-refractivity contribution >= 4 is 12.4 Å². The van der Waals surface area contributed by atoms with E-state index in [2.05, 4.69) is 5.32 Å². The van der Waals surface area contributed by atoms with Crippen LogP contribution in [0.5, 0.6) is 5.75 Å². The van der Waals surface area contributed by atoms with E-state index in [9.17, 15) is 8.78 Å². The molecule has 1 atom stereocenters. The van der Waals surface area contributed by atoms with E-state index in [4.69, 9.17) is 4.74 Å². The molecule has 0 aliphatic carbocycles. The molecular weight excluding hydrogens is 224 g/mol. The molecule has 15 heavy (non-hydrogen) atoms. The van der Waals surface area contributed by atoms with Crippen LogP contribution in [0.1, 0.15) is 18.0 Å². The number of nitrogens with one attached hydrogen (secondary N) is 1. The highest BCUT2D eigenvalue weighted by molar-refractivity contribution is 5.85. The Morgan fingerprint density at radius 3 is 2.20 bits per heavy atom. The fourth-order valence-electron chi connectivity index (χ4n) is 1.55. The molecule has 0 bridgehead atoms. The number of hydrogen-bond acceptors (Lipinski definition) is 2. The lowest BCUT2D eigenvalue weighted by Crippen LogP contribution is -2.36. The van der Waals surface area contributed by atoms with Crippen molar-refractivity contribution < 1.29 is 13.5 Å².